The maximum atomic E-state index is 10.6. The zero-order valence-corrected chi connectivity index (χ0v) is 11.0. The molecule has 0 aliphatic rings. The van der Waals surface area contributed by atoms with Crippen molar-refractivity contribution in [3.63, 3.8) is 0 Å². The van der Waals surface area contributed by atoms with Crippen LogP contribution in [-0.2, 0) is 0 Å². The van der Waals surface area contributed by atoms with E-state index in [1.165, 1.54) is 18.2 Å². The van der Waals surface area contributed by atoms with Gasteiger partial charge in [0.25, 0.3) is 5.69 Å². The van der Waals surface area contributed by atoms with Gasteiger partial charge >= 0.3 is 0 Å². The molecule has 18 heavy (non-hydrogen) atoms. The predicted octanol–water partition coefficient (Wildman–Crippen LogP) is 1.43. The van der Waals surface area contributed by atoms with Gasteiger partial charge in [0, 0.05) is 15.7 Å². The largest absolute Gasteiger partial charge is 0.382 e. The van der Waals surface area contributed by atoms with Crippen LogP contribution in [0.4, 0.5) is 11.4 Å². The third-order valence-corrected chi connectivity index (χ3v) is 2.75. The van der Waals surface area contributed by atoms with E-state index in [1.54, 1.807) is 6.07 Å². The van der Waals surface area contributed by atoms with E-state index in [0.717, 1.165) is 0 Å². The van der Waals surface area contributed by atoms with E-state index in [-0.39, 0.29) is 11.4 Å². The van der Waals surface area contributed by atoms with Crippen LogP contribution in [0.2, 0.25) is 0 Å². The molecule has 92 valence electrons. The Morgan fingerprint density at radius 1 is 1.67 bits per heavy atom. The van der Waals surface area contributed by atoms with E-state index in [1.807, 2.05) is 22.6 Å². The van der Waals surface area contributed by atoms with Crippen LogP contribution in [-0.4, -0.2) is 16.5 Å². The SMILES string of the molecule is N#C/C(=N\Nc1cc([N+](=O)[O-])ccc1I)C(=N)N. The molecule has 0 saturated heterocycles. The van der Waals surface area contributed by atoms with Crippen molar-refractivity contribution in [1.29, 1.82) is 10.7 Å². The summed E-state index contributed by atoms with van der Waals surface area (Å²) in [6.07, 6.45) is 0. The maximum absolute atomic E-state index is 10.6. The highest BCUT2D eigenvalue weighted by molar-refractivity contribution is 14.1. The minimum atomic E-state index is -0.541. The molecule has 0 radical (unpaired) electrons. The lowest BCUT2D eigenvalue weighted by Crippen LogP contribution is -2.21. The van der Waals surface area contributed by atoms with Gasteiger partial charge in [-0.3, -0.25) is 20.9 Å². The van der Waals surface area contributed by atoms with Crippen molar-refractivity contribution in [3.05, 3.63) is 31.9 Å². The Hall–Kier alpha value is -2.22. The summed E-state index contributed by atoms with van der Waals surface area (Å²) in [5.41, 5.74) is 7.54. The molecule has 0 unspecified atom stereocenters. The molecule has 0 spiro atoms. The van der Waals surface area contributed by atoms with Gasteiger partial charge in [-0.1, -0.05) is 0 Å². The molecule has 0 aromatic heterocycles. The van der Waals surface area contributed by atoms with Gasteiger partial charge in [0.15, 0.2) is 5.84 Å². The Kier molecular flexibility index (Phi) is 4.55. The Morgan fingerprint density at radius 3 is 2.83 bits per heavy atom. The number of hydrogen-bond acceptors (Lipinski definition) is 6. The molecule has 8 nitrogen and oxygen atoms in total. The Morgan fingerprint density at radius 2 is 2.33 bits per heavy atom. The summed E-state index contributed by atoms with van der Waals surface area (Å²) in [4.78, 5) is 10.1. The minimum absolute atomic E-state index is 0.102. The lowest BCUT2D eigenvalue weighted by molar-refractivity contribution is -0.384. The maximum Gasteiger partial charge on any atom is 0.271 e. The number of hydrazone groups is 1. The number of benzene rings is 1. The number of amidine groups is 1. The van der Waals surface area contributed by atoms with Crippen LogP contribution < -0.4 is 11.2 Å². The second-order valence-electron chi connectivity index (χ2n) is 3.02. The number of halogens is 1. The van der Waals surface area contributed by atoms with Gasteiger partial charge in [0.1, 0.15) is 6.07 Å². The summed E-state index contributed by atoms with van der Waals surface area (Å²) in [7, 11) is 0. The predicted molar refractivity (Wildman–Crippen MR) is 74.4 cm³/mol. The molecule has 0 saturated carbocycles. The molecule has 1 aromatic carbocycles. The lowest BCUT2D eigenvalue weighted by atomic mass is 10.3. The summed E-state index contributed by atoms with van der Waals surface area (Å²) in [6, 6.07) is 5.80. The lowest BCUT2D eigenvalue weighted by Gasteiger charge is -2.03. The topological polar surface area (TPSA) is 141 Å². The second kappa shape index (κ2) is 5.92. The van der Waals surface area contributed by atoms with Crippen LogP contribution in [0.15, 0.2) is 23.3 Å². The van der Waals surface area contributed by atoms with Gasteiger partial charge in [-0.05, 0) is 28.7 Å². The number of nitro benzene ring substituents is 1. The Labute approximate surface area is 115 Å². The number of nitro groups is 1. The highest BCUT2D eigenvalue weighted by atomic mass is 127. The third-order valence-electron chi connectivity index (χ3n) is 1.81. The second-order valence-corrected chi connectivity index (χ2v) is 4.18. The number of hydrogen-bond donors (Lipinski definition) is 3. The van der Waals surface area contributed by atoms with Gasteiger partial charge in [-0.25, -0.2) is 0 Å². The fraction of sp³-hybridized carbons (Fsp3) is 0. The molecule has 1 rings (SSSR count). The summed E-state index contributed by atoms with van der Waals surface area (Å²) in [6.45, 7) is 0. The van der Waals surface area contributed by atoms with E-state index in [0.29, 0.717) is 9.26 Å². The number of nitrogens with zero attached hydrogens (tertiary/aromatic N) is 3. The van der Waals surface area contributed by atoms with Crippen LogP contribution in [0.1, 0.15) is 0 Å². The quantitative estimate of drug-likeness (QED) is 0.245. The van der Waals surface area contributed by atoms with Crippen molar-refractivity contribution < 1.29 is 4.92 Å². The zero-order chi connectivity index (χ0) is 13.7. The van der Waals surface area contributed by atoms with Crippen molar-refractivity contribution in [2.75, 3.05) is 5.43 Å². The van der Waals surface area contributed by atoms with Gasteiger partial charge < -0.3 is 5.73 Å². The first-order valence-electron chi connectivity index (χ1n) is 4.48. The van der Waals surface area contributed by atoms with Crippen molar-refractivity contribution in [3.8, 4) is 6.07 Å². The van der Waals surface area contributed by atoms with Gasteiger partial charge in [-0.2, -0.15) is 10.4 Å². The molecule has 0 bridgehead atoms. The highest BCUT2D eigenvalue weighted by Crippen LogP contribution is 2.23. The molecule has 0 amide bonds. The molecular weight excluding hydrogens is 351 g/mol. The number of non-ortho nitro benzene ring substituents is 1. The van der Waals surface area contributed by atoms with E-state index in [4.69, 9.17) is 16.4 Å². The summed E-state index contributed by atoms with van der Waals surface area (Å²) >= 11 is 1.95. The number of anilines is 1. The van der Waals surface area contributed by atoms with E-state index >= 15 is 0 Å². The number of nitrogens with two attached hydrogens (primary N) is 1. The van der Waals surface area contributed by atoms with Gasteiger partial charge in [0.05, 0.1) is 10.6 Å². The van der Waals surface area contributed by atoms with E-state index < -0.39 is 10.8 Å². The van der Waals surface area contributed by atoms with Crippen LogP contribution >= 0.6 is 22.6 Å². The monoisotopic (exact) mass is 358 g/mol. The smallest absolute Gasteiger partial charge is 0.271 e. The fourth-order valence-electron chi connectivity index (χ4n) is 0.974. The molecular formula is C9H7IN6O2. The van der Waals surface area contributed by atoms with Gasteiger partial charge in [0.2, 0.25) is 5.71 Å². The van der Waals surface area contributed by atoms with Crippen molar-refractivity contribution in [1.82, 2.24) is 0 Å². The zero-order valence-electron chi connectivity index (χ0n) is 8.85. The Bertz CT molecular complexity index is 577. The molecule has 0 aliphatic carbocycles. The van der Waals surface area contributed by atoms with E-state index in [2.05, 4.69) is 10.5 Å². The molecule has 0 aliphatic heterocycles. The standard InChI is InChI=1S/C9H7IN6O2/c10-6-2-1-5(16(17)18)3-7(6)14-15-8(4-11)9(12)13/h1-3,14H,(H3,12,13)/b15-8+. The number of rotatable bonds is 4. The van der Waals surface area contributed by atoms with E-state index in [9.17, 15) is 10.1 Å². The third kappa shape index (κ3) is 3.39. The molecule has 0 heterocycles. The summed E-state index contributed by atoms with van der Waals surface area (Å²) < 4.78 is 0.683. The minimum Gasteiger partial charge on any atom is -0.382 e. The normalized spacial score (nSPS) is 10.6. The molecule has 0 atom stereocenters. The average Bonchev–Trinajstić information content (AvgIpc) is 2.31. The van der Waals surface area contributed by atoms with Crippen molar-refractivity contribution >= 4 is 45.5 Å². The number of nitriles is 1. The fourth-order valence-corrected chi connectivity index (χ4v) is 1.43. The highest BCUT2D eigenvalue weighted by Gasteiger charge is 2.09. The summed E-state index contributed by atoms with van der Waals surface area (Å²) in [5.74, 6) is -0.481. The first kappa shape index (κ1) is 13.8. The summed E-state index contributed by atoms with van der Waals surface area (Å²) in [5, 5.41) is 29.9. The van der Waals surface area contributed by atoms with Gasteiger partial charge in [-0.15, -0.1) is 0 Å². The number of nitrogens with one attached hydrogen (secondary N) is 2. The van der Waals surface area contributed by atoms with Crippen molar-refractivity contribution in [2.45, 2.75) is 0 Å². The molecule has 0 fully saturated rings. The van der Waals surface area contributed by atoms with Crippen molar-refractivity contribution in [2.24, 2.45) is 10.8 Å². The first-order chi connectivity index (χ1) is 8.45. The van der Waals surface area contributed by atoms with Crippen LogP contribution in [0, 0.1) is 30.4 Å². The molecule has 4 N–H and O–H groups in total. The van der Waals surface area contributed by atoms with Crippen LogP contribution in [0.25, 0.3) is 0 Å². The average molecular weight is 358 g/mol. The molecule has 9 heteroatoms. The van der Waals surface area contributed by atoms with Crippen LogP contribution in [0.5, 0.6) is 0 Å². The van der Waals surface area contributed by atoms with Crippen LogP contribution in [0.3, 0.4) is 0 Å². The Balaban J connectivity index is 3.05. The first-order valence-corrected chi connectivity index (χ1v) is 5.55. The molecule has 1 aromatic rings.